The second-order valence-electron chi connectivity index (χ2n) is 4.26. The number of carboxylic acid groups (broad SMARTS) is 1. The molecule has 0 aliphatic carbocycles. The van der Waals surface area contributed by atoms with Crippen LogP contribution >= 0.6 is 0 Å². The van der Waals surface area contributed by atoms with Crippen molar-refractivity contribution in [1.82, 2.24) is 0 Å². The average Bonchev–Trinajstić information content (AvgIpc) is 2.27. The maximum atomic E-state index is 10.7. The third-order valence-electron chi connectivity index (χ3n) is 2.56. The Kier molecular flexibility index (Phi) is 4.82. The van der Waals surface area contributed by atoms with Crippen molar-refractivity contribution in [3.63, 3.8) is 0 Å². The lowest BCUT2D eigenvalue weighted by Crippen LogP contribution is -2.09. The summed E-state index contributed by atoms with van der Waals surface area (Å²) in [6.07, 6.45) is 2.23. The predicted molar refractivity (Wildman–Crippen MR) is 67.4 cm³/mol. The van der Waals surface area contributed by atoms with Gasteiger partial charge < -0.3 is 15.6 Å². The van der Waals surface area contributed by atoms with Crippen molar-refractivity contribution in [2.75, 3.05) is 12.3 Å². The summed E-state index contributed by atoms with van der Waals surface area (Å²) in [5.74, 6) is 0.0408. The molecule has 1 unspecified atom stereocenters. The summed E-state index contributed by atoms with van der Waals surface area (Å²) in [6, 6.07) is 4.53. The number of nitrogens with two attached hydrogens (primary N) is 1. The van der Waals surface area contributed by atoms with Crippen LogP contribution < -0.4 is 10.5 Å². The van der Waals surface area contributed by atoms with Crippen molar-refractivity contribution in [1.29, 1.82) is 0 Å². The molecule has 0 saturated carbocycles. The molecule has 0 aromatic heterocycles. The van der Waals surface area contributed by atoms with Gasteiger partial charge in [0, 0.05) is 0 Å². The van der Waals surface area contributed by atoms with Crippen molar-refractivity contribution in [3.8, 4) is 5.75 Å². The largest absolute Gasteiger partial charge is 0.491 e. The molecule has 4 heteroatoms. The van der Waals surface area contributed by atoms with Crippen LogP contribution in [-0.2, 0) is 0 Å². The van der Waals surface area contributed by atoms with E-state index in [1.807, 2.05) is 0 Å². The van der Waals surface area contributed by atoms with Crippen LogP contribution in [0.25, 0.3) is 0 Å². The third-order valence-corrected chi connectivity index (χ3v) is 2.56. The fraction of sp³-hybridized carbons (Fsp3) is 0.462. The number of nitrogen functional groups attached to an aromatic ring is 1. The highest BCUT2D eigenvalue weighted by atomic mass is 16.5. The number of carbonyl (C=O) groups is 1. The molecule has 0 fully saturated rings. The molecule has 4 nitrogen and oxygen atoms in total. The first-order valence-electron chi connectivity index (χ1n) is 5.80. The molecule has 3 N–H and O–H groups in total. The standard InChI is InChI=1S/C13H19NO3/c1-3-4-9(2)8-17-12-6-5-10(13(15)16)7-11(12)14/h5-7,9H,3-4,8,14H2,1-2H3,(H,15,16). The molecule has 1 aromatic rings. The van der Waals surface area contributed by atoms with Crippen LogP contribution in [0.4, 0.5) is 5.69 Å². The molecule has 0 aliphatic heterocycles. The summed E-state index contributed by atoms with van der Waals surface area (Å²) in [5.41, 5.74) is 6.28. The molecule has 0 radical (unpaired) electrons. The summed E-state index contributed by atoms with van der Waals surface area (Å²) >= 11 is 0. The predicted octanol–water partition coefficient (Wildman–Crippen LogP) is 2.78. The molecule has 1 atom stereocenters. The van der Waals surface area contributed by atoms with Crippen LogP contribution in [0.2, 0.25) is 0 Å². The van der Waals surface area contributed by atoms with Crippen LogP contribution in [-0.4, -0.2) is 17.7 Å². The van der Waals surface area contributed by atoms with E-state index in [4.69, 9.17) is 15.6 Å². The minimum Gasteiger partial charge on any atom is -0.491 e. The minimum absolute atomic E-state index is 0.177. The van der Waals surface area contributed by atoms with E-state index in [2.05, 4.69) is 13.8 Å². The van der Waals surface area contributed by atoms with Gasteiger partial charge in [-0.2, -0.15) is 0 Å². The van der Waals surface area contributed by atoms with E-state index >= 15 is 0 Å². The maximum Gasteiger partial charge on any atom is 0.335 e. The summed E-state index contributed by atoms with van der Waals surface area (Å²) < 4.78 is 5.57. The summed E-state index contributed by atoms with van der Waals surface area (Å²) in [4.78, 5) is 10.7. The second kappa shape index (κ2) is 6.13. The monoisotopic (exact) mass is 237 g/mol. The van der Waals surface area contributed by atoms with Crippen molar-refractivity contribution in [2.45, 2.75) is 26.7 Å². The molecule has 0 spiro atoms. The first kappa shape index (κ1) is 13.4. The molecule has 1 aromatic carbocycles. The highest BCUT2D eigenvalue weighted by Gasteiger charge is 2.08. The highest BCUT2D eigenvalue weighted by Crippen LogP contribution is 2.23. The van der Waals surface area contributed by atoms with Crippen LogP contribution in [0.5, 0.6) is 5.75 Å². The Morgan fingerprint density at radius 2 is 2.24 bits per heavy atom. The first-order chi connectivity index (χ1) is 8.04. The fourth-order valence-corrected chi connectivity index (χ4v) is 1.62. The van der Waals surface area contributed by atoms with Crippen LogP contribution in [0.15, 0.2) is 18.2 Å². The minimum atomic E-state index is -0.984. The number of aromatic carboxylic acids is 1. The topological polar surface area (TPSA) is 72.5 Å². The lowest BCUT2D eigenvalue weighted by atomic mass is 10.1. The number of hydrogen-bond donors (Lipinski definition) is 2. The van der Waals surface area contributed by atoms with Gasteiger partial charge in [-0.25, -0.2) is 4.79 Å². The van der Waals surface area contributed by atoms with Crippen molar-refractivity contribution in [2.24, 2.45) is 5.92 Å². The van der Waals surface area contributed by atoms with Crippen LogP contribution in [0, 0.1) is 5.92 Å². The smallest absolute Gasteiger partial charge is 0.335 e. The molecule has 0 saturated heterocycles. The van der Waals surface area contributed by atoms with E-state index in [0.29, 0.717) is 24.0 Å². The Morgan fingerprint density at radius 1 is 1.53 bits per heavy atom. The number of benzene rings is 1. The van der Waals surface area contributed by atoms with E-state index in [0.717, 1.165) is 12.8 Å². The van der Waals surface area contributed by atoms with Gasteiger partial charge in [0.05, 0.1) is 17.9 Å². The molecular weight excluding hydrogens is 218 g/mol. The van der Waals surface area contributed by atoms with Gasteiger partial charge in [-0.3, -0.25) is 0 Å². The second-order valence-corrected chi connectivity index (χ2v) is 4.26. The Bertz CT molecular complexity index is 390. The van der Waals surface area contributed by atoms with E-state index in [-0.39, 0.29) is 5.56 Å². The van der Waals surface area contributed by atoms with E-state index in [9.17, 15) is 4.79 Å². The first-order valence-corrected chi connectivity index (χ1v) is 5.80. The zero-order valence-electron chi connectivity index (χ0n) is 10.3. The fourth-order valence-electron chi connectivity index (χ4n) is 1.62. The number of ether oxygens (including phenoxy) is 1. The molecule has 1 rings (SSSR count). The summed E-state index contributed by atoms with van der Waals surface area (Å²) in [5, 5.41) is 8.79. The molecule has 0 bridgehead atoms. The number of carboxylic acids is 1. The van der Waals surface area contributed by atoms with Crippen LogP contribution in [0.1, 0.15) is 37.0 Å². The quantitative estimate of drug-likeness (QED) is 0.746. The van der Waals surface area contributed by atoms with E-state index in [1.54, 1.807) is 6.07 Å². The number of anilines is 1. The van der Waals surface area contributed by atoms with Crippen molar-refractivity contribution >= 4 is 11.7 Å². The molecule has 0 heterocycles. The van der Waals surface area contributed by atoms with Gasteiger partial charge in [-0.05, 0) is 30.5 Å². The Morgan fingerprint density at radius 3 is 2.76 bits per heavy atom. The number of rotatable bonds is 6. The average molecular weight is 237 g/mol. The normalized spacial score (nSPS) is 12.1. The number of hydrogen-bond acceptors (Lipinski definition) is 3. The molecule has 94 valence electrons. The zero-order chi connectivity index (χ0) is 12.8. The molecular formula is C13H19NO3. The lowest BCUT2D eigenvalue weighted by Gasteiger charge is -2.13. The lowest BCUT2D eigenvalue weighted by molar-refractivity contribution is 0.0697. The van der Waals surface area contributed by atoms with Gasteiger partial charge in [0.2, 0.25) is 0 Å². The van der Waals surface area contributed by atoms with Crippen molar-refractivity contribution < 1.29 is 14.6 Å². The van der Waals surface area contributed by atoms with Gasteiger partial charge >= 0.3 is 5.97 Å². The van der Waals surface area contributed by atoms with Gasteiger partial charge in [0.15, 0.2) is 0 Å². The Hall–Kier alpha value is -1.71. The Labute approximate surface area is 101 Å². The highest BCUT2D eigenvalue weighted by molar-refractivity contribution is 5.89. The van der Waals surface area contributed by atoms with Gasteiger partial charge in [-0.15, -0.1) is 0 Å². The molecule has 17 heavy (non-hydrogen) atoms. The van der Waals surface area contributed by atoms with Crippen molar-refractivity contribution in [3.05, 3.63) is 23.8 Å². The molecule has 0 aliphatic rings. The Balaban J connectivity index is 2.63. The summed E-state index contributed by atoms with van der Waals surface area (Å²) in [7, 11) is 0. The SMILES string of the molecule is CCCC(C)COc1ccc(C(=O)O)cc1N. The van der Waals surface area contributed by atoms with E-state index < -0.39 is 5.97 Å². The third kappa shape index (κ3) is 3.98. The maximum absolute atomic E-state index is 10.7. The van der Waals surface area contributed by atoms with Gasteiger partial charge in [-0.1, -0.05) is 20.3 Å². The molecule has 0 amide bonds. The van der Waals surface area contributed by atoms with Gasteiger partial charge in [0.1, 0.15) is 5.75 Å². The van der Waals surface area contributed by atoms with Gasteiger partial charge in [0.25, 0.3) is 0 Å². The zero-order valence-corrected chi connectivity index (χ0v) is 10.3. The van der Waals surface area contributed by atoms with Crippen LogP contribution in [0.3, 0.4) is 0 Å². The van der Waals surface area contributed by atoms with E-state index in [1.165, 1.54) is 12.1 Å². The summed E-state index contributed by atoms with van der Waals surface area (Å²) in [6.45, 7) is 4.85.